The van der Waals surface area contributed by atoms with Gasteiger partial charge in [0.2, 0.25) is 0 Å². The lowest BCUT2D eigenvalue weighted by Gasteiger charge is -2.24. The van der Waals surface area contributed by atoms with E-state index >= 15 is 0 Å². The van der Waals surface area contributed by atoms with E-state index in [4.69, 9.17) is 4.74 Å². The maximum absolute atomic E-state index is 5.37. The first-order chi connectivity index (χ1) is 6.29. The molecular formula is C10H20BrNO. The molecule has 0 bridgehead atoms. The van der Waals surface area contributed by atoms with E-state index in [0.29, 0.717) is 0 Å². The first-order valence-corrected chi connectivity index (χ1v) is 6.29. The third-order valence-corrected chi connectivity index (χ3v) is 3.55. The SMILES string of the molecule is CCOCCN1CCC(C)C1CBr. The number of ether oxygens (including phenoxy) is 1. The Balaban J connectivity index is 2.24. The van der Waals surface area contributed by atoms with Gasteiger partial charge >= 0.3 is 0 Å². The molecule has 0 aliphatic carbocycles. The van der Waals surface area contributed by atoms with Crippen molar-refractivity contribution in [3.05, 3.63) is 0 Å². The number of hydrogen-bond acceptors (Lipinski definition) is 2. The quantitative estimate of drug-likeness (QED) is 0.547. The highest BCUT2D eigenvalue weighted by Crippen LogP contribution is 2.24. The van der Waals surface area contributed by atoms with E-state index in [9.17, 15) is 0 Å². The highest BCUT2D eigenvalue weighted by atomic mass is 79.9. The fourth-order valence-electron chi connectivity index (χ4n) is 1.94. The molecule has 1 fully saturated rings. The average molecular weight is 250 g/mol. The summed E-state index contributed by atoms with van der Waals surface area (Å²) >= 11 is 3.58. The highest BCUT2D eigenvalue weighted by molar-refractivity contribution is 9.09. The van der Waals surface area contributed by atoms with Gasteiger partial charge in [-0.25, -0.2) is 0 Å². The topological polar surface area (TPSA) is 12.5 Å². The maximum Gasteiger partial charge on any atom is 0.0593 e. The van der Waals surface area contributed by atoms with Gasteiger partial charge in [-0.15, -0.1) is 0 Å². The van der Waals surface area contributed by atoms with Crippen LogP contribution in [0.25, 0.3) is 0 Å². The van der Waals surface area contributed by atoms with E-state index in [1.54, 1.807) is 0 Å². The van der Waals surface area contributed by atoms with Crippen molar-refractivity contribution in [2.75, 3.05) is 31.6 Å². The lowest BCUT2D eigenvalue weighted by molar-refractivity contribution is 0.109. The molecule has 78 valence electrons. The first-order valence-electron chi connectivity index (χ1n) is 5.17. The minimum Gasteiger partial charge on any atom is -0.380 e. The van der Waals surface area contributed by atoms with Crippen molar-refractivity contribution < 1.29 is 4.74 Å². The third kappa shape index (κ3) is 3.22. The van der Waals surface area contributed by atoms with E-state index in [-0.39, 0.29) is 0 Å². The van der Waals surface area contributed by atoms with Crippen LogP contribution in [0.4, 0.5) is 0 Å². The molecule has 2 atom stereocenters. The molecule has 0 aromatic heterocycles. The van der Waals surface area contributed by atoms with Crippen LogP contribution in [0, 0.1) is 5.92 Å². The Morgan fingerprint density at radius 3 is 2.92 bits per heavy atom. The number of halogens is 1. The molecule has 2 nitrogen and oxygen atoms in total. The van der Waals surface area contributed by atoms with Crippen LogP contribution in [-0.2, 0) is 4.74 Å². The molecule has 1 aliphatic heterocycles. The van der Waals surface area contributed by atoms with Crippen molar-refractivity contribution in [3.8, 4) is 0 Å². The molecule has 1 heterocycles. The van der Waals surface area contributed by atoms with Gasteiger partial charge in [-0.05, 0) is 25.8 Å². The average Bonchev–Trinajstić information content (AvgIpc) is 2.47. The van der Waals surface area contributed by atoms with Crippen LogP contribution in [0.2, 0.25) is 0 Å². The summed E-state index contributed by atoms with van der Waals surface area (Å²) in [6, 6.07) is 0.723. The summed E-state index contributed by atoms with van der Waals surface area (Å²) in [5.41, 5.74) is 0. The largest absolute Gasteiger partial charge is 0.380 e. The zero-order valence-corrected chi connectivity index (χ0v) is 10.2. The van der Waals surface area contributed by atoms with E-state index in [1.807, 2.05) is 0 Å². The van der Waals surface area contributed by atoms with Crippen LogP contribution in [0.15, 0.2) is 0 Å². The summed E-state index contributed by atoms with van der Waals surface area (Å²) < 4.78 is 5.37. The Morgan fingerprint density at radius 1 is 1.54 bits per heavy atom. The van der Waals surface area contributed by atoms with Gasteiger partial charge in [-0.2, -0.15) is 0 Å². The third-order valence-electron chi connectivity index (χ3n) is 2.88. The van der Waals surface area contributed by atoms with Crippen molar-refractivity contribution in [1.82, 2.24) is 4.90 Å². The zero-order chi connectivity index (χ0) is 9.68. The van der Waals surface area contributed by atoms with Crippen molar-refractivity contribution in [1.29, 1.82) is 0 Å². The van der Waals surface area contributed by atoms with Gasteiger partial charge in [0.15, 0.2) is 0 Å². The predicted molar refractivity (Wildman–Crippen MR) is 59.4 cm³/mol. The summed E-state index contributed by atoms with van der Waals surface area (Å²) in [4.78, 5) is 2.54. The van der Waals surface area contributed by atoms with E-state index in [1.165, 1.54) is 13.0 Å². The molecule has 0 spiro atoms. The molecule has 2 unspecified atom stereocenters. The van der Waals surface area contributed by atoms with Crippen molar-refractivity contribution >= 4 is 15.9 Å². The second-order valence-electron chi connectivity index (χ2n) is 3.72. The van der Waals surface area contributed by atoms with Crippen molar-refractivity contribution in [2.24, 2.45) is 5.92 Å². The molecule has 0 amide bonds. The van der Waals surface area contributed by atoms with Crippen molar-refractivity contribution in [3.63, 3.8) is 0 Å². The summed E-state index contributed by atoms with van der Waals surface area (Å²) in [7, 11) is 0. The molecule has 1 rings (SSSR count). The number of rotatable bonds is 5. The smallest absolute Gasteiger partial charge is 0.0593 e. The summed E-state index contributed by atoms with van der Waals surface area (Å²) in [5, 5.41) is 1.10. The number of nitrogens with zero attached hydrogens (tertiary/aromatic N) is 1. The van der Waals surface area contributed by atoms with Gasteiger partial charge in [0.05, 0.1) is 6.61 Å². The summed E-state index contributed by atoms with van der Waals surface area (Å²) in [6.07, 6.45) is 1.34. The van der Waals surface area contributed by atoms with E-state index in [2.05, 4.69) is 34.7 Å². The Kier molecular flexibility index (Phi) is 5.29. The molecule has 13 heavy (non-hydrogen) atoms. The van der Waals surface area contributed by atoms with Gasteiger partial charge in [0, 0.05) is 24.5 Å². The minimum atomic E-state index is 0.723. The number of hydrogen-bond donors (Lipinski definition) is 0. The molecule has 0 aromatic rings. The van der Waals surface area contributed by atoms with Crippen LogP contribution < -0.4 is 0 Å². The monoisotopic (exact) mass is 249 g/mol. The first kappa shape index (κ1) is 11.5. The van der Waals surface area contributed by atoms with E-state index < -0.39 is 0 Å². The normalized spacial score (nSPS) is 29.8. The predicted octanol–water partition coefficient (Wildman–Crippen LogP) is 2.13. The number of alkyl halides is 1. The van der Waals surface area contributed by atoms with E-state index in [0.717, 1.165) is 37.0 Å². The zero-order valence-electron chi connectivity index (χ0n) is 8.63. The fourth-order valence-corrected chi connectivity index (χ4v) is 2.99. The highest BCUT2D eigenvalue weighted by Gasteiger charge is 2.29. The van der Waals surface area contributed by atoms with Crippen LogP contribution in [-0.4, -0.2) is 42.6 Å². The second kappa shape index (κ2) is 5.99. The maximum atomic E-state index is 5.37. The molecule has 0 saturated carbocycles. The van der Waals surface area contributed by atoms with Gasteiger partial charge in [0.25, 0.3) is 0 Å². The molecule has 1 saturated heterocycles. The fraction of sp³-hybridized carbons (Fsp3) is 1.00. The molecule has 0 radical (unpaired) electrons. The van der Waals surface area contributed by atoms with Crippen LogP contribution in [0.1, 0.15) is 20.3 Å². The van der Waals surface area contributed by atoms with Crippen LogP contribution in [0.3, 0.4) is 0 Å². The van der Waals surface area contributed by atoms with Gasteiger partial charge in [-0.3, -0.25) is 4.90 Å². The van der Waals surface area contributed by atoms with Gasteiger partial charge in [0.1, 0.15) is 0 Å². The van der Waals surface area contributed by atoms with Crippen molar-refractivity contribution in [2.45, 2.75) is 26.3 Å². The molecular weight excluding hydrogens is 230 g/mol. The van der Waals surface area contributed by atoms with Crippen LogP contribution in [0.5, 0.6) is 0 Å². The summed E-state index contributed by atoms with van der Waals surface area (Å²) in [6.45, 7) is 8.44. The molecule has 0 N–H and O–H groups in total. The van der Waals surface area contributed by atoms with Gasteiger partial charge < -0.3 is 4.74 Å². The Labute approximate surface area is 89.8 Å². The molecule has 3 heteroatoms. The Morgan fingerprint density at radius 2 is 2.31 bits per heavy atom. The molecule has 1 aliphatic rings. The molecule has 0 aromatic carbocycles. The Hall–Kier alpha value is 0.400. The van der Waals surface area contributed by atoms with Gasteiger partial charge in [-0.1, -0.05) is 22.9 Å². The minimum absolute atomic E-state index is 0.723. The summed E-state index contributed by atoms with van der Waals surface area (Å²) in [5.74, 6) is 0.834. The Bertz CT molecular complexity index is 143. The lowest BCUT2D eigenvalue weighted by Crippen LogP contribution is -2.35. The second-order valence-corrected chi connectivity index (χ2v) is 4.37. The lowest BCUT2D eigenvalue weighted by atomic mass is 10.1. The van der Waals surface area contributed by atoms with Crippen LogP contribution >= 0.6 is 15.9 Å². The standard InChI is InChI=1S/C10H20BrNO/c1-3-13-7-6-12-5-4-9(2)10(12)8-11/h9-10H,3-8H2,1-2H3. The number of likely N-dealkylation sites (tertiary alicyclic amines) is 1.